The van der Waals surface area contributed by atoms with Gasteiger partial charge in [-0.3, -0.25) is 4.79 Å². The van der Waals surface area contributed by atoms with Crippen molar-refractivity contribution in [1.82, 2.24) is 14.6 Å². The van der Waals surface area contributed by atoms with E-state index in [2.05, 4.69) is 31.3 Å². The molecule has 0 unspecified atom stereocenters. The number of allylic oxidation sites excluding steroid dienone is 2. The molecule has 0 spiro atoms. The second-order valence-electron chi connectivity index (χ2n) is 10.5. The molecule has 0 saturated heterocycles. The second-order valence-corrected chi connectivity index (χ2v) is 10.5. The van der Waals surface area contributed by atoms with Gasteiger partial charge in [-0.25, -0.2) is 9.50 Å². The zero-order valence-corrected chi connectivity index (χ0v) is 19.4. The van der Waals surface area contributed by atoms with Crippen LogP contribution >= 0.6 is 0 Å². The van der Waals surface area contributed by atoms with E-state index in [4.69, 9.17) is 10.1 Å². The molecule has 1 aliphatic rings. The first-order valence-corrected chi connectivity index (χ1v) is 11.0. The number of hydrogen-bond acceptors (Lipinski definition) is 3. The first-order chi connectivity index (χ1) is 14.5. The first-order valence-electron chi connectivity index (χ1n) is 11.0. The lowest BCUT2D eigenvalue weighted by atomic mass is 9.78. The van der Waals surface area contributed by atoms with Crippen LogP contribution in [0.3, 0.4) is 0 Å². The number of fused-ring (bicyclic) bond motifs is 1. The van der Waals surface area contributed by atoms with Crippen LogP contribution in [0.1, 0.15) is 65.1 Å². The van der Waals surface area contributed by atoms with Gasteiger partial charge in [0, 0.05) is 16.7 Å². The van der Waals surface area contributed by atoms with Crippen molar-refractivity contribution in [3.63, 3.8) is 0 Å². The molecule has 3 aromatic rings. The number of aromatic nitrogens is 3. The molecule has 5 heteroatoms. The number of carbonyl (C=O) groups excluding carboxylic acids is 1. The largest absolute Gasteiger partial charge is 0.325 e. The van der Waals surface area contributed by atoms with Crippen molar-refractivity contribution in [1.29, 1.82) is 0 Å². The van der Waals surface area contributed by atoms with E-state index < -0.39 is 5.41 Å². The topological polar surface area (TPSA) is 59.3 Å². The van der Waals surface area contributed by atoms with E-state index >= 15 is 0 Å². The Bertz CT molecular complexity index is 1180. The fourth-order valence-corrected chi connectivity index (χ4v) is 3.73. The number of nitrogens with one attached hydrogen (secondary N) is 1. The SMILES string of the molecule is Cc1ccc(-c2cn3nc(C4=CCC(C)(C)CC4)ccc3n2)cc1NC(=O)C(C)(C)C. The highest BCUT2D eigenvalue weighted by atomic mass is 16.2. The maximum Gasteiger partial charge on any atom is 0.229 e. The Kier molecular flexibility index (Phi) is 5.24. The van der Waals surface area contributed by atoms with Gasteiger partial charge in [0.2, 0.25) is 5.91 Å². The number of benzene rings is 1. The minimum Gasteiger partial charge on any atom is -0.325 e. The van der Waals surface area contributed by atoms with Crippen LogP contribution in [0.2, 0.25) is 0 Å². The molecule has 1 aliphatic carbocycles. The summed E-state index contributed by atoms with van der Waals surface area (Å²) < 4.78 is 1.86. The minimum atomic E-state index is -0.450. The fourth-order valence-electron chi connectivity index (χ4n) is 3.73. The summed E-state index contributed by atoms with van der Waals surface area (Å²) in [5.74, 6) is -0.00186. The van der Waals surface area contributed by atoms with Crippen molar-refractivity contribution in [2.24, 2.45) is 10.8 Å². The number of amides is 1. The molecule has 1 N–H and O–H groups in total. The van der Waals surface area contributed by atoms with Gasteiger partial charge in [-0.05, 0) is 60.9 Å². The van der Waals surface area contributed by atoms with Gasteiger partial charge in [-0.1, -0.05) is 52.8 Å². The molecule has 0 fully saturated rings. The standard InChI is InChI=1S/C26H32N4O/c1-17-7-8-19(15-21(17)28-24(31)25(2,3)4)22-16-30-23(27-22)10-9-20(29-30)18-11-13-26(5,6)14-12-18/h7-11,15-16H,12-14H2,1-6H3,(H,28,31). The highest BCUT2D eigenvalue weighted by Gasteiger charge is 2.23. The van der Waals surface area contributed by atoms with E-state index in [0.29, 0.717) is 5.41 Å². The van der Waals surface area contributed by atoms with Gasteiger partial charge in [0.15, 0.2) is 5.65 Å². The number of anilines is 1. The number of carbonyl (C=O) groups is 1. The summed E-state index contributed by atoms with van der Waals surface area (Å²) in [4.78, 5) is 17.2. The van der Waals surface area contributed by atoms with E-state index in [1.54, 1.807) is 0 Å². The quantitative estimate of drug-likeness (QED) is 0.546. The van der Waals surface area contributed by atoms with Gasteiger partial charge in [0.25, 0.3) is 0 Å². The van der Waals surface area contributed by atoms with Crippen molar-refractivity contribution < 1.29 is 4.79 Å². The third kappa shape index (κ3) is 4.55. The molecule has 0 aliphatic heterocycles. The Morgan fingerprint density at radius 1 is 1.13 bits per heavy atom. The van der Waals surface area contributed by atoms with E-state index in [1.165, 1.54) is 12.0 Å². The second kappa shape index (κ2) is 7.63. The lowest BCUT2D eigenvalue weighted by Gasteiger charge is -2.28. The normalized spacial score (nSPS) is 16.3. The molecule has 0 bridgehead atoms. The molecule has 1 aromatic carbocycles. The summed E-state index contributed by atoms with van der Waals surface area (Å²) in [6, 6.07) is 10.2. The van der Waals surface area contributed by atoms with Gasteiger partial charge in [0.05, 0.1) is 17.6 Å². The van der Waals surface area contributed by atoms with Crippen LogP contribution in [0.5, 0.6) is 0 Å². The molecular formula is C26H32N4O. The molecule has 0 saturated carbocycles. The molecule has 162 valence electrons. The van der Waals surface area contributed by atoms with Gasteiger partial charge in [0.1, 0.15) is 0 Å². The fraction of sp³-hybridized carbons (Fsp3) is 0.423. The zero-order valence-electron chi connectivity index (χ0n) is 19.4. The first kappa shape index (κ1) is 21.3. The summed E-state index contributed by atoms with van der Waals surface area (Å²) in [5, 5.41) is 7.89. The van der Waals surface area contributed by atoms with Crippen LogP contribution in [0, 0.1) is 17.8 Å². The van der Waals surface area contributed by atoms with Crippen LogP contribution in [-0.4, -0.2) is 20.5 Å². The van der Waals surface area contributed by atoms with Crippen molar-refractivity contribution in [2.75, 3.05) is 5.32 Å². The summed E-state index contributed by atoms with van der Waals surface area (Å²) in [5.41, 5.74) is 6.73. The number of hydrogen-bond donors (Lipinski definition) is 1. The predicted molar refractivity (Wildman–Crippen MR) is 127 cm³/mol. The Balaban J connectivity index is 1.64. The summed E-state index contributed by atoms with van der Waals surface area (Å²) in [6.45, 7) is 12.4. The van der Waals surface area contributed by atoms with Crippen molar-refractivity contribution >= 4 is 22.8 Å². The predicted octanol–water partition coefficient (Wildman–Crippen LogP) is 6.28. The highest BCUT2D eigenvalue weighted by molar-refractivity contribution is 5.95. The summed E-state index contributed by atoms with van der Waals surface area (Å²) >= 11 is 0. The molecule has 4 rings (SSSR count). The van der Waals surface area contributed by atoms with Crippen LogP contribution < -0.4 is 5.32 Å². The minimum absolute atomic E-state index is 0.00186. The van der Waals surface area contributed by atoms with Gasteiger partial charge >= 0.3 is 0 Å². The number of rotatable bonds is 3. The molecule has 2 heterocycles. The van der Waals surface area contributed by atoms with Gasteiger partial charge < -0.3 is 5.32 Å². The van der Waals surface area contributed by atoms with E-state index in [-0.39, 0.29) is 5.91 Å². The molecule has 0 atom stereocenters. The van der Waals surface area contributed by atoms with E-state index in [1.807, 2.05) is 62.7 Å². The maximum absolute atomic E-state index is 12.5. The van der Waals surface area contributed by atoms with Crippen LogP contribution in [0.25, 0.3) is 22.5 Å². The van der Waals surface area contributed by atoms with Crippen LogP contribution in [0.4, 0.5) is 5.69 Å². The molecular weight excluding hydrogens is 384 g/mol. The van der Waals surface area contributed by atoms with Crippen LogP contribution in [0.15, 0.2) is 42.6 Å². The zero-order chi connectivity index (χ0) is 22.4. The Morgan fingerprint density at radius 2 is 1.90 bits per heavy atom. The molecule has 2 aromatic heterocycles. The third-order valence-electron chi connectivity index (χ3n) is 6.08. The van der Waals surface area contributed by atoms with E-state index in [9.17, 15) is 4.79 Å². The molecule has 5 nitrogen and oxygen atoms in total. The average Bonchev–Trinajstić information content (AvgIpc) is 3.12. The average molecular weight is 417 g/mol. The lowest BCUT2D eigenvalue weighted by Crippen LogP contribution is -2.27. The third-order valence-corrected chi connectivity index (χ3v) is 6.08. The maximum atomic E-state index is 12.5. The number of aryl methyl sites for hydroxylation is 1. The Hall–Kier alpha value is -2.95. The summed E-state index contributed by atoms with van der Waals surface area (Å²) in [7, 11) is 0. The molecule has 0 radical (unpaired) electrons. The number of imidazole rings is 1. The highest BCUT2D eigenvalue weighted by Crippen LogP contribution is 2.37. The Labute approximate surface area is 184 Å². The molecule has 31 heavy (non-hydrogen) atoms. The lowest BCUT2D eigenvalue weighted by molar-refractivity contribution is -0.123. The monoisotopic (exact) mass is 416 g/mol. The number of nitrogens with zero attached hydrogens (tertiary/aromatic N) is 3. The van der Waals surface area contributed by atoms with Gasteiger partial charge in [-0.15, -0.1) is 0 Å². The van der Waals surface area contributed by atoms with Crippen molar-refractivity contribution in [3.8, 4) is 11.3 Å². The molecule has 1 amide bonds. The van der Waals surface area contributed by atoms with Crippen molar-refractivity contribution in [3.05, 3.63) is 53.9 Å². The van der Waals surface area contributed by atoms with Crippen LogP contribution in [-0.2, 0) is 4.79 Å². The van der Waals surface area contributed by atoms with Crippen molar-refractivity contribution in [2.45, 2.75) is 60.8 Å². The van der Waals surface area contributed by atoms with Gasteiger partial charge in [-0.2, -0.15) is 5.10 Å². The smallest absolute Gasteiger partial charge is 0.229 e. The van der Waals surface area contributed by atoms with E-state index in [0.717, 1.165) is 46.7 Å². The Morgan fingerprint density at radius 3 is 2.58 bits per heavy atom. The summed E-state index contributed by atoms with van der Waals surface area (Å²) in [6.07, 6.45) is 7.62.